The molecule has 4 rings (SSSR count). The zero-order chi connectivity index (χ0) is 24.1. The monoisotopic (exact) mass is 497 g/mol. The van der Waals surface area contributed by atoms with Crippen LogP contribution in [0.5, 0.6) is 5.75 Å². The number of rotatable bonds is 6. The summed E-state index contributed by atoms with van der Waals surface area (Å²) in [6.45, 7) is 3.32. The SMILES string of the molecule is CCCC(C)S(=O)(=O)N1CC=C(c2ccc3cc(O)c(N4CC(=O)NS4(=O)=O)c(F)c3c2)C1. The zero-order valence-electron chi connectivity index (χ0n) is 18.1. The largest absolute Gasteiger partial charge is 0.506 e. The maximum absolute atomic E-state index is 15.4. The zero-order valence-corrected chi connectivity index (χ0v) is 19.7. The van der Waals surface area contributed by atoms with Crippen molar-refractivity contribution in [1.82, 2.24) is 9.03 Å². The molecule has 0 radical (unpaired) electrons. The van der Waals surface area contributed by atoms with Gasteiger partial charge in [-0.05, 0) is 42.0 Å². The Morgan fingerprint density at radius 1 is 1.24 bits per heavy atom. The lowest BCUT2D eigenvalue weighted by Crippen LogP contribution is -2.36. The molecule has 1 unspecified atom stereocenters. The highest BCUT2D eigenvalue weighted by Gasteiger charge is 2.38. The van der Waals surface area contributed by atoms with E-state index < -0.39 is 55.2 Å². The number of anilines is 1. The number of phenolic OH excluding ortho intramolecular Hbond substituents is 1. The van der Waals surface area contributed by atoms with E-state index in [0.717, 1.165) is 6.42 Å². The van der Waals surface area contributed by atoms with Crippen LogP contribution in [0, 0.1) is 5.82 Å². The molecule has 178 valence electrons. The summed E-state index contributed by atoms with van der Waals surface area (Å²) in [6, 6.07) is 5.97. The number of hydrogen-bond acceptors (Lipinski definition) is 6. The first-order chi connectivity index (χ1) is 15.5. The van der Waals surface area contributed by atoms with Crippen LogP contribution in [0.15, 0.2) is 30.3 Å². The summed E-state index contributed by atoms with van der Waals surface area (Å²) in [7, 11) is -7.79. The second kappa shape index (κ2) is 8.26. The van der Waals surface area contributed by atoms with Crippen molar-refractivity contribution in [3.63, 3.8) is 0 Å². The fourth-order valence-electron chi connectivity index (χ4n) is 4.15. The van der Waals surface area contributed by atoms with E-state index in [2.05, 4.69) is 0 Å². The van der Waals surface area contributed by atoms with Gasteiger partial charge in [0.15, 0.2) is 5.82 Å². The second-order valence-corrected chi connectivity index (χ2v) is 12.1. The molecular weight excluding hydrogens is 473 g/mol. The van der Waals surface area contributed by atoms with E-state index in [0.29, 0.717) is 27.2 Å². The van der Waals surface area contributed by atoms with Crippen molar-refractivity contribution in [2.75, 3.05) is 23.9 Å². The molecule has 1 amide bonds. The summed E-state index contributed by atoms with van der Waals surface area (Å²) >= 11 is 0. The quantitative estimate of drug-likeness (QED) is 0.630. The van der Waals surface area contributed by atoms with Gasteiger partial charge in [-0.3, -0.25) is 4.79 Å². The van der Waals surface area contributed by atoms with Crippen molar-refractivity contribution >= 4 is 48.2 Å². The van der Waals surface area contributed by atoms with Gasteiger partial charge in [-0.2, -0.15) is 12.7 Å². The van der Waals surface area contributed by atoms with Gasteiger partial charge >= 0.3 is 10.2 Å². The summed E-state index contributed by atoms with van der Waals surface area (Å²) in [6.07, 6.45) is 3.07. The molecule has 0 spiro atoms. The summed E-state index contributed by atoms with van der Waals surface area (Å²) in [5.41, 5.74) is 0.664. The third-order valence-corrected chi connectivity index (χ3v) is 9.55. The molecule has 1 fully saturated rings. The van der Waals surface area contributed by atoms with E-state index in [1.807, 2.05) is 6.92 Å². The van der Waals surface area contributed by atoms with Gasteiger partial charge in [0.25, 0.3) is 5.91 Å². The highest BCUT2D eigenvalue weighted by atomic mass is 32.2. The van der Waals surface area contributed by atoms with Crippen molar-refractivity contribution in [2.45, 2.75) is 31.9 Å². The number of halogens is 1. The first-order valence-electron chi connectivity index (χ1n) is 10.4. The summed E-state index contributed by atoms with van der Waals surface area (Å²) in [5, 5.41) is 10.2. The topological polar surface area (TPSA) is 124 Å². The molecule has 9 nitrogen and oxygen atoms in total. The molecule has 2 aromatic carbocycles. The fraction of sp³-hybridized carbons (Fsp3) is 0.381. The van der Waals surface area contributed by atoms with E-state index in [-0.39, 0.29) is 18.5 Å². The normalized spacial score (nSPS) is 19.7. The number of nitrogens with zero attached hydrogens (tertiary/aromatic N) is 2. The second-order valence-electron chi connectivity index (χ2n) is 8.20. The van der Waals surface area contributed by atoms with Crippen molar-refractivity contribution in [3.05, 3.63) is 41.7 Å². The van der Waals surface area contributed by atoms with E-state index in [1.165, 1.54) is 16.4 Å². The van der Waals surface area contributed by atoms with Crippen LogP contribution < -0.4 is 9.03 Å². The van der Waals surface area contributed by atoms with Gasteiger partial charge in [-0.25, -0.2) is 21.8 Å². The lowest BCUT2D eigenvalue weighted by atomic mass is 10.0. The van der Waals surface area contributed by atoms with Crippen LogP contribution in [0.4, 0.5) is 10.1 Å². The number of aromatic hydroxyl groups is 1. The highest BCUT2D eigenvalue weighted by Crippen LogP contribution is 2.39. The minimum absolute atomic E-state index is 0.0383. The minimum atomic E-state index is -4.32. The number of sulfonamides is 1. The van der Waals surface area contributed by atoms with Gasteiger partial charge in [-0.15, -0.1) is 0 Å². The van der Waals surface area contributed by atoms with Crippen molar-refractivity contribution in [3.8, 4) is 5.75 Å². The Kier molecular flexibility index (Phi) is 5.87. The molecule has 2 aliphatic rings. The molecule has 2 aromatic rings. The Balaban J connectivity index is 1.70. The smallest absolute Gasteiger partial charge is 0.326 e. The number of nitrogens with one attached hydrogen (secondary N) is 1. The number of hydrogen-bond donors (Lipinski definition) is 2. The third kappa shape index (κ3) is 4.06. The average molecular weight is 498 g/mol. The van der Waals surface area contributed by atoms with Crippen LogP contribution >= 0.6 is 0 Å². The van der Waals surface area contributed by atoms with Gasteiger partial charge in [-0.1, -0.05) is 31.6 Å². The van der Waals surface area contributed by atoms with Crippen LogP contribution in [0.1, 0.15) is 32.3 Å². The highest BCUT2D eigenvalue weighted by molar-refractivity contribution is 7.92. The number of carbonyl (C=O) groups is 1. The van der Waals surface area contributed by atoms with Gasteiger partial charge in [0, 0.05) is 18.5 Å². The van der Waals surface area contributed by atoms with Crippen LogP contribution in [0.2, 0.25) is 0 Å². The summed E-state index contributed by atoms with van der Waals surface area (Å²) in [5.74, 6) is -2.45. The third-order valence-electron chi connectivity index (χ3n) is 5.92. The number of benzene rings is 2. The Morgan fingerprint density at radius 2 is 1.97 bits per heavy atom. The molecule has 2 aliphatic heterocycles. The number of phenols is 1. The van der Waals surface area contributed by atoms with Crippen LogP contribution in [0.25, 0.3) is 16.3 Å². The van der Waals surface area contributed by atoms with Gasteiger partial charge in [0.2, 0.25) is 10.0 Å². The van der Waals surface area contributed by atoms with Crippen molar-refractivity contribution in [1.29, 1.82) is 0 Å². The summed E-state index contributed by atoms with van der Waals surface area (Å²) in [4.78, 5) is 11.6. The van der Waals surface area contributed by atoms with E-state index in [9.17, 15) is 26.7 Å². The molecule has 1 saturated heterocycles. The van der Waals surface area contributed by atoms with E-state index in [1.54, 1.807) is 29.9 Å². The molecule has 0 bridgehead atoms. The van der Waals surface area contributed by atoms with E-state index in [4.69, 9.17) is 0 Å². The molecule has 0 saturated carbocycles. The molecule has 2 N–H and O–H groups in total. The first-order valence-corrected chi connectivity index (χ1v) is 13.4. The fourth-order valence-corrected chi connectivity index (χ4v) is 6.96. The average Bonchev–Trinajstić information content (AvgIpc) is 3.33. The predicted octanol–water partition coefficient (Wildman–Crippen LogP) is 2.08. The minimum Gasteiger partial charge on any atom is -0.506 e. The Hall–Kier alpha value is -2.70. The molecule has 2 heterocycles. The standard InChI is InChI=1S/C21H24FN3O6S2/c1-3-4-13(2)32(28,29)24-8-7-16(11-24)14-5-6-15-10-18(26)21(20(22)17(15)9-14)25-12-19(27)23-33(25,30)31/h5-7,9-10,13,26H,3-4,8,11-12H2,1-2H3,(H,23,27). The Labute approximate surface area is 191 Å². The number of carbonyl (C=O) groups excluding carboxylic acids is 1. The van der Waals surface area contributed by atoms with Crippen LogP contribution in [0.3, 0.4) is 0 Å². The van der Waals surface area contributed by atoms with Crippen molar-refractivity contribution < 1.29 is 31.1 Å². The molecule has 0 aromatic heterocycles. The van der Waals surface area contributed by atoms with Crippen LogP contribution in [-0.4, -0.2) is 57.0 Å². The molecular formula is C21H24FN3O6S2. The molecule has 1 atom stereocenters. The first kappa shape index (κ1) is 23.5. The van der Waals surface area contributed by atoms with Gasteiger partial charge < -0.3 is 5.11 Å². The molecule has 0 aliphatic carbocycles. The number of amides is 1. The molecule has 33 heavy (non-hydrogen) atoms. The van der Waals surface area contributed by atoms with Gasteiger partial charge in [0.05, 0.1) is 5.25 Å². The van der Waals surface area contributed by atoms with E-state index >= 15 is 4.39 Å². The lowest BCUT2D eigenvalue weighted by molar-refractivity contribution is -0.117. The Bertz CT molecular complexity index is 1390. The maximum atomic E-state index is 15.4. The Morgan fingerprint density at radius 3 is 2.61 bits per heavy atom. The summed E-state index contributed by atoms with van der Waals surface area (Å²) < 4.78 is 69.0. The maximum Gasteiger partial charge on any atom is 0.326 e. The molecule has 12 heteroatoms. The number of fused-ring (bicyclic) bond motifs is 1. The van der Waals surface area contributed by atoms with Crippen molar-refractivity contribution in [2.24, 2.45) is 0 Å². The predicted molar refractivity (Wildman–Crippen MR) is 123 cm³/mol. The van der Waals surface area contributed by atoms with Crippen LogP contribution in [-0.2, 0) is 25.0 Å². The lowest BCUT2D eigenvalue weighted by Gasteiger charge is -2.21. The van der Waals surface area contributed by atoms with Gasteiger partial charge in [0.1, 0.15) is 18.0 Å².